The molecular weight excluding hydrogens is 408 g/mol. The molecule has 1 aliphatic carbocycles. The molecule has 4 rings (SSSR count). The standard InChI is InChI=1S/C25H28N2O3S/c1-28-19-8-6-7-18(16-19)24-26-25(31)20-9-4-5-10-21(20)27(24)14-13-17-11-12-22(29-2)23(15-17)30-3/h6-8,11-12,15-16H,4-5,9-10,13-14H2,1-3H3. The highest BCUT2D eigenvalue weighted by Crippen LogP contribution is 2.31. The van der Waals surface area contributed by atoms with Gasteiger partial charge in [0.25, 0.3) is 0 Å². The Balaban J connectivity index is 1.75. The number of hydrogen-bond donors (Lipinski definition) is 0. The van der Waals surface area contributed by atoms with Crippen molar-refractivity contribution in [2.45, 2.75) is 38.6 Å². The van der Waals surface area contributed by atoms with Crippen molar-refractivity contribution in [2.24, 2.45) is 0 Å². The van der Waals surface area contributed by atoms with Gasteiger partial charge >= 0.3 is 0 Å². The van der Waals surface area contributed by atoms with Gasteiger partial charge in [0.1, 0.15) is 16.2 Å². The third-order valence-electron chi connectivity index (χ3n) is 5.89. The molecule has 6 heteroatoms. The van der Waals surface area contributed by atoms with Crippen molar-refractivity contribution < 1.29 is 14.2 Å². The zero-order valence-electron chi connectivity index (χ0n) is 18.3. The molecule has 0 N–H and O–H groups in total. The molecule has 0 saturated carbocycles. The Kier molecular flexibility index (Phi) is 6.56. The highest BCUT2D eigenvalue weighted by molar-refractivity contribution is 7.71. The van der Waals surface area contributed by atoms with Gasteiger partial charge in [0, 0.05) is 23.4 Å². The lowest BCUT2D eigenvalue weighted by atomic mass is 9.96. The molecule has 2 aromatic carbocycles. The molecule has 0 amide bonds. The van der Waals surface area contributed by atoms with Crippen LogP contribution in [0.2, 0.25) is 0 Å². The molecule has 0 saturated heterocycles. The predicted molar refractivity (Wildman–Crippen MR) is 125 cm³/mol. The molecule has 0 aliphatic heterocycles. The molecule has 0 fully saturated rings. The Labute approximate surface area is 188 Å². The van der Waals surface area contributed by atoms with Crippen LogP contribution in [0.4, 0.5) is 0 Å². The molecule has 0 radical (unpaired) electrons. The lowest BCUT2D eigenvalue weighted by molar-refractivity contribution is 0.354. The second-order valence-electron chi connectivity index (χ2n) is 7.70. The maximum absolute atomic E-state index is 5.70. The summed E-state index contributed by atoms with van der Waals surface area (Å²) < 4.78 is 19.4. The van der Waals surface area contributed by atoms with Gasteiger partial charge < -0.3 is 18.8 Å². The van der Waals surface area contributed by atoms with Crippen LogP contribution in [0, 0.1) is 4.64 Å². The second-order valence-corrected chi connectivity index (χ2v) is 8.08. The molecule has 5 nitrogen and oxygen atoms in total. The summed E-state index contributed by atoms with van der Waals surface area (Å²) in [5.74, 6) is 3.21. The summed E-state index contributed by atoms with van der Waals surface area (Å²) >= 11 is 5.70. The van der Waals surface area contributed by atoms with Crippen molar-refractivity contribution in [1.82, 2.24) is 9.55 Å². The molecule has 3 aromatic rings. The van der Waals surface area contributed by atoms with E-state index in [0.29, 0.717) is 0 Å². The van der Waals surface area contributed by atoms with Crippen molar-refractivity contribution in [3.8, 4) is 28.6 Å². The van der Waals surface area contributed by atoms with Crippen LogP contribution < -0.4 is 14.2 Å². The highest BCUT2D eigenvalue weighted by atomic mass is 32.1. The lowest BCUT2D eigenvalue weighted by Crippen LogP contribution is -2.19. The number of methoxy groups -OCH3 is 3. The van der Waals surface area contributed by atoms with Crippen LogP contribution >= 0.6 is 12.2 Å². The SMILES string of the molecule is COc1cccc(-c2nc(=S)c3c(n2CCc2ccc(OC)c(OC)c2)CCCC3)c1. The first-order chi connectivity index (χ1) is 15.1. The third-order valence-corrected chi connectivity index (χ3v) is 6.22. The van der Waals surface area contributed by atoms with Gasteiger partial charge in [0.05, 0.1) is 21.3 Å². The average molecular weight is 437 g/mol. The largest absolute Gasteiger partial charge is 0.497 e. The van der Waals surface area contributed by atoms with Crippen LogP contribution in [0.3, 0.4) is 0 Å². The van der Waals surface area contributed by atoms with Crippen LogP contribution in [-0.2, 0) is 25.8 Å². The van der Waals surface area contributed by atoms with Gasteiger partial charge in [-0.1, -0.05) is 30.4 Å². The Hall–Kier alpha value is -2.86. The van der Waals surface area contributed by atoms with Gasteiger partial charge in [0.2, 0.25) is 0 Å². The summed E-state index contributed by atoms with van der Waals surface area (Å²) in [7, 11) is 5.00. The third kappa shape index (κ3) is 4.44. The maximum atomic E-state index is 5.70. The smallest absolute Gasteiger partial charge is 0.160 e. The molecule has 31 heavy (non-hydrogen) atoms. The van der Waals surface area contributed by atoms with Crippen LogP contribution in [0.15, 0.2) is 42.5 Å². The van der Waals surface area contributed by atoms with E-state index in [9.17, 15) is 0 Å². The van der Waals surface area contributed by atoms with E-state index >= 15 is 0 Å². The quantitative estimate of drug-likeness (QED) is 0.462. The van der Waals surface area contributed by atoms with Crippen molar-refractivity contribution in [3.63, 3.8) is 0 Å². The zero-order chi connectivity index (χ0) is 21.8. The highest BCUT2D eigenvalue weighted by Gasteiger charge is 2.19. The first-order valence-electron chi connectivity index (χ1n) is 10.6. The summed E-state index contributed by atoms with van der Waals surface area (Å²) in [5.41, 5.74) is 4.77. The molecule has 162 valence electrons. The van der Waals surface area contributed by atoms with Gasteiger partial charge in [0.15, 0.2) is 11.5 Å². The average Bonchev–Trinajstić information content (AvgIpc) is 2.83. The van der Waals surface area contributed by atoms with Gasteiger partial charge in [-0.15, -0.1) is 0 Å². The van der Waals surface area contributed by atoms with Crippen LogP contribution in [0.5, 0.6) is 17.2 Å². The number of hydrogen-bond acceptors (Lipinski definition) is 5. The summed E-state index contributed by atoms with van der Waals surface area (Å²) in [6.45, 7) is 0.812. The van der Waals surface area contributed by atoms with Gasteiger partial charge in [-0.2, -0.15) is 0 Å². The number of benzene rings is 2. The van der Waals surface area contributed by atoms with Gasteiger partial charge in [-0.25, -0.2) is 4.98 Å². The first-order valence-corrected chi connectivity index (χ1v) is 11.0. The minimum absolute atomic E-state index is 0.731. The van der Waals surface area contributed by atoms with Gasteiger partial charge in [-0.05, 0) is 61.9 Å². The van der Waals surface area contributed by atoms with Crippen molar-refractivity contribution >= 4 is 12.2 Å². The summed E-state index contributed by atoms with van der Waals surface area (Å²) in [6.07, 6.45) is 5.25. The predicted octanol–water partition coefficient (Wildman–Crippen LogP) is 5.43. The monoisotopic (exact) mass is 436 g/mol. The van der Waals surface area contributed by atoms with Crippen LogP contribution in [0.25, 0.3) is 11.4 Å². The summed E-state index contributed by atoms with van der Waals surface area (Å²) in [5, 5.41) is 0. The van der Waals surface area contributed by atoms with E-state index in [-0.39, 0.29) is 0 Å². The number of nitrogens with zero attached hydrogens (tertiary/aromatic N) is 2. The number of rotatable bonds is 7. The molecule has 1 aromatic heterocycles. The Morgan fingerprint density at radius 1 is 0.935 bits per heavy atom. The van der Waals surface area contributed by atoms with E-state index in [0.717, 1.165) is 59.1 Å². The van der Waals surface area contributed by atoms with E-state index in [2.05, 4.69) is 16.7 Å². The Morgan fingerprint density at radius 2 is 1.74 bits per heavy atom. The molecule has 0 atom stereocenters. The normalized spacial score (nSPS) is 12.9. The Morgan fingerprint density at radius 3 is 2.52 bits per heavy atom. The van der Waals surface area contributed by atoms with Gasteiger partial charge in [-0.3, -0.25) is 0 Å². The number of aromatic nitrogens is 2. The molecular formula is C25H28N2O3S. The van der Waals surface area contributed by atoms with E-state index in [1.165, 1.54) is 29.7 Å². The van der Waals surface area contributed by atoms with Crippen molar-refractivity contribution in [2.75, 3.05) is 21.3 Å². The van der Waals surface area contributed by atoms with Crippen molar-refractivity contribution in [3.05, 3.63) is 63.9 Å². The first kappa shape index (κ1) is 21.4. The molecule has 1 aliphatic rings. The fourth-order valence-electron chi connectivity index (χ4n) is 4.27. The van der Waals surface area contributed by atoms with E-state index < -0.39 is 0 Å². The maximum Gasteiger partial charge on any atom is 0.160 e. The minimum Gasteiger partial charge on any atom is -0.497 e. The summed E-state index contributed by atoms with van der Waals surface area (Å²) in [6, 6.07) is 14.1. The Bertz CT molecular complexity index is 1140. The topological polar surface area (TPSA) is 45.5 Å². The lowest BCUT2D eigenvalue weighted by Gasteiger charge is -2.25. The van der Waals surface area contributed by atoms with Crippen LogP contribution in [0.1, 0.15) is 29.7 Å². The molecule has 0 unspecified atom stereocenters. The number of ether oxygens (including phenoxy) is 3. The van der Waals surface area contributed by atoms with E-state index in [4.69, 9.17) is 31.4 Å². The van der Waals surface area contributed by atoms with Crippen molar-refractivity contribution in [1.29, 1.82) is 0 Å². The van der Waals surface area contributed by atoms with E-state index in [1.54, 1.807) is 21.3 Å². The fourth-order valence-corrected chi connectivity index (χ4v) is 4.58. The molecule has 0 spiro atoms. The summed E-state index contributed by atoms with van der Waals surface area (Å²) in [4.78, 5) is 4.88. The minimum atomic E-state index is 0.731. The number of fused-ring (bicyclic) bond motifs is 1. The molecule has 1 heterocycles. The fraction of sp³-hybridized carbons (Fsp3) is 0.360. The number of aryl methyl sites for hydroxylation is 1. The molecule has 0 bridgehead atoms. The van der Waals surface area contributed by atoms with E-state index in [1.807, 2.05) is 30.3 Å². The van der Waals surface area contributed by atoms with Crippen LogP contribution in [-0.4, -0.2) is 30.9 Å². The second kappa shape index (κ2) is 9.52. The zero-order valence-corrected chi connectivity index (χ0v) is 19.1.